The van der Waals surface area contributed by atoms with Gasteiger partial charge in [0.15, 0.2) is 0 Å². The van der Waals surface area contributed by atoms with E-state index in [1.807, 2.05) is 12.1 Å². The molecule has 0 saturated carbocycles. The monoisotopic (exact) mass is 169 g/mol. The topological polar surface area (TPSA) is 3.24 Å². The van der Waals surface area contributed by atoms with Crippen molar-refractivity contribution in [1.29, 1.82) is 0 Å². The van der Waals surface area contributed by atoms with Crippen LogP contribution in [0, 0.1) is 12.3 Å². The van der Waals surface area contributed by atoms with Gasteiger partial charge in [0, 0.05) is 17.8 Å². The number of rotatable bonds is 1. The molecule has 0 aliphatic carbocycles. The minimum absolute atomic E-state index is 0.621. The van der Waals surface area contributed by atoms with Crippen molar-refractivity contribution < 1.29 is 0 Å². The molecule has 1 nitrogen and oxygen atoms in total. The molecule has 1 aromatic rings. The first-order valence-corrected chi connectivity index (χ1v) is 4.29. The summed E-state index contributed by atoms with van der Waals surface area (Å²) < 4.78 is 0. The van der Waals surface area contributed by atoms with Gasteiger partial charge in [-0.3, -0.25) is 0 Å². The quantitative estimate of drug-likeness (QED) is 0.582. The number of hydrogen-bond acceptors (Lipinski definition) is 1. The van der Waals surface area contributed by atoms with Crippen LogP contribution >= 0.6 is 0 Å². The molecule has 0 unspecified atom stereocenters. The summed E-state index contributed by atoms with van der Waals surface area (Å²) in [5.41, 5.74) is 3.63. The minimum atomic E-state index is 0.621. The molecule has 0 spiro atoms. The van der Waals surface area contributed by atoms with Gasteiger partial charge in [-0.05, 0) is 11.6 Å². The Labute approximate surface area is 78.7 Å². The highest BCUT2D eigenvalue weighted by Gasteiger charge is 2.20. The molecular formula is C12H11N. The lowest BCUT2D eigenvalue weighted by atomic mass is 10.1. The van der Waals surface area contributed by atoms with Gasteiger partial charge in [0.2, 0.25) is 0 Å². The fourth-order valence-electron chi connectivity index (χ4n) is 1.70. The molecule has 64 valence electrons. The van der Waals surface area contributed by atoms with E-state index in [9.17, 15) is 0 Å². The molecule has 1 aromatic carbocycles. The van der Waals surface area contributed by atoms with Crippen LogP contribution in [0.4, 0.5) is 5.69 Å². The zero-order valence-electron chi connectivity index (χ0n) is 7.46. The average molecular weight is 169 g/mol. The molecule has 0 bridgehead atoms. The predicted molar refractivity (Wildman–Crippen MR) is 55.5 cm³/mol. The van der Waals surface area contributed by atoms with Gasteiger partial charge in [-0.2, -0.15) is 0 Å². The van der Waals surface area contributed by atoms with E-state index in [-0.39, 0.29) is 0 Å². The van der Waals surface area contributed by atoms with Crippen LogP contribution in [0.25, 0.3) is 0 Å². The van der Waals surface area contributed by atoms with Gasteiger partial charge in [0.05, 0.1) is 6.54 Å². The van der Waals surface area contributed by atoms with Crippen LogP contribution in [0.3, 0.4) is 0 Å². The Hall–Kier alpha value is -1.68. The molecule has 0 amide bonds. The van der Waals surface area contributed by atoms with E-state index in [0.29, 0.717) is 6.54 Å². The van der Waals surface area contributed by atoms with Crippen LogP contribution in [0.1, 0.15) is 5.56 Å². The fourth-order valence-corrected chi connectivity index (χ4v) is 1.70. The predicted octanol–water partition coefficient (Wildman–Crippen LogP) is 2.20. The van der Waals surface area contributed by atoms with E-state index in [1.54, 1.807) is 0 Å². The maximum Gasteiger partial charge on any atom is 0.0837 e. The molecule has 1 heteroatoms. The molecule has 0 radical (unpaired) electrons. The summed E-state index contributed by atoms with van der Waals surface area (Å²) in [5, 5.41) is 0. The zero-order valence-corrected chi connectivity index (χ0v) is 7.46. The number of anilines is 1. The first kappa shape index (κ1) is 7.94. The average Bonchev–Trinajstić information content (AvgIpc) is 2.44. The Morgan fingerprint density at radius 1 is 1.46 bits per heavy atom. The summed E-state index contributed by atoms with van der Waals surface area (Å²) in [6.07, 6.45) is 6.22. The molecule has 1 heterocycles. The molecule has 0 saturated heterocycles. The van der Waals surface area contributed by atoms with Crippen molar-refractivity contribution in [1.82, 2.24) is 0 Å². The first-order chi connectivity index (χ1) is 6.33. The van der Waals surface area contributed by atoms with Crippen molar-refractivity contribution >= 4 is 5.69 Å². The van der Waals surface area contributed by atoms with Crippen molar-refractivity contribution in [3.05, 3.63) is 42.1 Å². The molecule has 0 atom stereocenters. The first-order valence-electron chi connectivity index (χ1n) is 4.29. The molecule has 13 heavy (non-hydrogen) atoms. The van der Waals surface area contributed by atoms with E-state index < -0.39 is 0 Å². The van der Waals surface area contributed by atoms with Crippen LogP contribution in [0.5, 0.6) is 0 Å². The van der Waals surface area contributed by atoms with Crippen LogP contribution in [0.2, 0.25) is 0 Å². The van der Waals surface area contributed by atoms with Gasteiger partial charge in [-0.15, -0.1) is 6.42 Å². The highest BCUT2D eigenvalue weighted by atomic mass is 15.2. The highest BCUT2D eigenvalue weighted by molar-refractivity contribution is 5.65. The Kier molecular flexibility index (Phi) is 1.83. The van der Waals surface area contributed by atoms with Crippen molar-refractivity contribution in [2.45, 2.75) is 6.42 Å². The summed E-state index contributed by atoms with van der Waals surface area (Å²) in [5.74, 6) is 2.65. The van der Waals surface area contributed by atoms with Crippen molar-refractivity contribution in [3.8, 4) is 12.3 Å². The number of hydrogen-bond donors (Lipinski definition) is 0. The summed E-state index contributed by atoms with van der Waals surface area (Å²) in [6.45, 7) is 4.62. The summed E-state index contributed by atoms with van der Waals surface area (Å²) >= 11 is 0. The number of benzene rings is 1. The van der Waals surface area contributed by atoms with E-state index in [0.717, 1.165) is 12.1 Å². The third kappa shape index (κ3) is 1.21. The Morgan fingerprint density at radius 2 is 2.23 bits per heavy atom. The van der Waals surface area contributed by atoms with Crippen molar-refractivity contribution in [3.63, 3.8) is 0 Å². The molecule has 0 N–H and O–H groups in total. The van der Waals surface area contributed by atoms with Crippen LogP contribution in [-0.4, -0.2) is 6.54 Å². The molecule has 1 aliphatic heterocycles. The molecule has 1 aliphatic rings. The van der Waals surface area contributed by atoms with Gasteiger partial charge in [0.25, 0.3) is 0 Å². The fraction of sp³-hybridized carbons (Fsp3) is 0.167. The largest absolute Gasteiger partial charge is 0.334 e. The van der Waals surface area contributed by atoms with E-state index in [4.69, 9.17) is 6.42 Å². The lowest BCUT2D eigenvalue weighted by Crippen LogP contribution is -2.17. The third-order valence-corrected chi connectivity index (χ3v) is 2.31. The number of nitrogens with zero attached hydrogens (tertiary/aromatic N) is 1. The van der Waals surface area contributed by atoms with E-state index in [1.165, 1.54) is 11.3 Å². The second kappa shape index (κ2) is 2.99. The SMILES string of the molecule is C#CCN1C(=C)Cc2ccccc21. The highest BCUT2D eigenvalue weighted by Crippen LogP contribution is 2.32. The lowest BCUT2D eigenvalue weighted by Gasteiger charge is -2.16. The standard InChI is InChI=1S/C12H11N/c1-3-8-13-10(2)9-11-6-4-5-7-12(11)13/h1,4-7H,2,8-9H2. The molecular weight excluding hydrogens is 158 g/mol. The smallest absolute Gasteiger partial charge is 0.0837 e. The Balaban J connectivity index is 2.42. The van der Waals surface area contributed by atoms with Crippen LogP contribution in [0.15, 0.2) is 36.5 Å². The summed E-state index contributed by atoms with van der Waals surface area (Å²) in [4.78, 5) is 2.09. The number of allylic oxidation sites excluding steroid dienone is 1. The second-order valence-electron chi connectivity index (χ2n) is 3.16. The normalized spacial score (nSPS) is 14.1. The van der Waals surface area contributed by atoms with Crippen LogP contribution < -0.4 is 4.90 Å². The van der Waals surface area contributed by atoms with Crippen molar-refractivity contribution in [2.24, 2.45) is 0 Å². The Bertz CT molecular complexity index is 384. The number of fused-ring (bicyclic) bond motifs is 1. The van der Waals surface area contributed by atoms with Gasteiger partial charge in [-0.25, -0.2) is 0 Å². The maximum atomic E-state index is 5.29. The zero-order chi connectivity index (χ0) is 9.26. The van der Waals surface area contributed by atoms with Gasteiger partial charge >= 0.3 is 0 Å². The second-order valence-corrected chi connectivity index (χ2v) is 3.16. The third-order valence-electron chi connectivity index (χ3n) is 2.31. The maximum absolute atomic E-state index is 5.29. The van der Waals surface area contributed by atoms with Gasteiger partial charge in [-0.1, -0.05) is 30.7 Å². The Morgan fingerprint density at radius 3 is 3.00 bits per heavy atom. The minimum Gasteiger partial charge on any atom is -0.334 e. The van der Waals surface area contributed by atoms with Crippen molar-refractivity contribution in [2.75, 3.05) is 11.4 Å². The van der Waals surface area contributed by atoms with E-state index >= 15 is 0 Å². The molecule has 0 aromatic heterocycles. The van der Waals surface area contributed by atoms with Crippen LogP contribution in [-0.2, 0) is 6.42 Å². The lowest BCUT2D eigenvalue weighted by molar-refractivity contribution is 1.05. The number of terminal acetylenes is 1. The van der Waals surface area contributed by atoms with E-state index in [2.05, 4.69) is 29.5 Å². The number of para-hydroxylation sites is 1. The molecule has 2 rings (SSSR count). The summed E-state index contributed by atoms with van der Waals surface area (Å²) in [6, 6.07) is 8.29. The van der Waals surface area contributed by atoms with Gasteiger partial charge in [0.1, 0.15) is 0 Å². The summed E-state index contributed by atoms with van der Waals surface area (Å²) in [7, 11) is 0. The van der Waals surface area contributed by atoms with Gasteiger partial charge < -0.3 is 4.90 Å². The molecule has 0 fully saturated rings.